The highest BCUT2D eigenvalue weighted by Gasteiger charge is 2.51. The SMILES string of the molecule is CC(NC(=O)C1(c2ccc([N+](=O)[O-])cc2)CC1)c1ccc(Cl)cc1. The van der Waals surface area contributed by atoms with Crippen LogP contribution in [0.4, 0.5) is 5.69 Å². The van der Waals surface area contributed by atoms with Crippen LogP contribution in [0.2, 0.25) is 5.02 Å². The largest absolute Gasteiger partial charge is 0.349 e. The number of carbonyl (C=O) groups is 1. The fraction of sp³-hybridized carbons (Fsp3) is 0.278. The van der Waals surface area contributed by atoms with Gasteiger partial charge in [-0.1, -0.05) is 35.9 Å². The second-order valence-electron chi connectivity index (χ2n) is 6.13. The molecule has 1 amide bonds. The van der Waals surface area contributed by atoms with Crippen molar-refractivity contribution in [3.63, 3.8) is 0 Å². The monoisotopic (exact) mass is 344 g/mol. The van der Waals surface area contributed by atoms with Crippen molar-refractivity contribution in [3.05, 3.63) is 74.8 Å². The van der Waals surface area contributed by atoms with Gasteiger partial charge in [-0.05, 0) is 43.0 Å². The second kappa shape index (κ2) is 6.24. The number of amides is 1. The molecular formula is C18H17ClN2O3. The Hall–Kier alpha value is -2.40. The molecule has 5 nitrogen and oxygen atoms in total. The van der Waals surface area contributed by atoms with Crippen LogP contribution in [0.5, 0.6) is 0 Å². The van der Waals surface area contributed by atoms with Crippen molar-refractivity contribution < 1.29 is 9.72 Å². The van der Waals surface area contributed by atoms with E-state index in [1.165, 1.54) is 12.1 Å². The molecule has 0 heterocycles. The number of halogens is 1. The lowest BCUT2D eigenvalue weighted by Crippen LogP contribution is -2.36. The zero-order valence-electron chi connectivity index (χ0n) is 13.2. The van der Waals surface area contributed by atoms with E-state index in [-0.39, 0.29) is 17.6 Å². The first-order valence-corrected chi connectivity index (χ1v) is 8.11. The molecule has 0 aromatic heterocycles. The van der Waals surface area contributed by atoms with Crippen LogP contribution in [0.25, 0.3) is 0 Å². The van der Waals surface area contributed by atoms with Crippen molar-refractivity contribution in [2.24, 2.45) is 0 Å². The maximum absolute atomic E-state index is 12.7. The molecule has 6 heteroatoms. The lowest BCUT2D eigenvalue weighted by Gasteiger charge is -2.20. The van der Waals surface area contributed by atoms with Crippen LogP contribution in [0.15, 0.2) is 48.5 Å². The maximum atomic E-state index is 12.7. The Labute approximate surface area is 144 Å². The number of nitro groups is 1. The highest BCUT2D eigenvalue weighted by Crippen LogP contribution is 2.49. The molecule has 0 radical (unpaired) electrons. The van der Waals surface area contributed by atoms with Crippen LogP contribution in [0.1, 0.15) is 36.9 Å². The van der Waals surface area contributed by atoms with E-state index in [2.05, 4.69) is 5.32 Å². The van der Waals surface area contributed by atoms with E-state index in [9.17, 15) is 14.9 Å². The minimum atomic E-state index is -0.560. The van der Waals surface area contributed by atoms with Gasteiger partial charge in [-0.2, -0.15) is 0 Å². The maximum Gasteiger partial charge on any atom is 0.269 e. The molecule has 1 aliphatic rings. The number of hydrogen-bond donors (Lipinski definition) is 1. The number of nitrogens with one attached hydrogen (secondary N) is 1. The van der Waals surface area contributed by atoms with Gasteiger partial charge in [0.2, 0.25) is 5.91 Å². The third-order valence-corrected chi connectivity index (χ3v) is 4.78. The van der Waals surface area contributed by atoms with Gasteiger partial charge in [-0.3, -0.25) is 14.9 Å². The van der Waals surface area contributed by atoms with Crippen molar-refractivity contribution >= 4 is 23.2 Å². The topological polar surface area (TPSA) is 72.2 Å². The van der Waals surface area contributed by atoms with Gasteiger partial charge in [-0.25, -0.2) is 0 Å². The predicted molar refractivity (Wildman–Crippen MR) is 92.0 cm³/mol. The molecule has 2 aromatic carbocycles. The van der Waals surface area contributed by atoms with E-state index >= 15 is 0 Å². The Morgan fingerprint density at radius 1 is 1.17 bits per heavy atom. The molecule has 2 aromatic rings. The molecule has 1 aliphatic carbocycles. The predicted octanol–water partition coefficient (Wildman–Crippen LogP) is 4.16. The second-order valence-corrected chi connectivity index (χ2v) is 6.57. The number of benzene rings is 2. The number of carbonyl (C=O) groups excluding carboxylic acids is 1. The fourth-order valence-corrected chi connectivity index (χ4v) is 2.97. The Morgan fingerprint density at radius 2 is 1.75 bits per heavy atom. The van der Waals surface area contributed by atoms with Crippen LogP contribution in [-0.4, -0.2) is 10.8 Å². The Bertz CT molecular complexity index is 768. The zero-order valence-corrected chi connectivity index (χ0v) is 13.9. The summed E-state index contributed by atoms with van der Waals surface area (Å²) in [6, 6.07) is 13.5. The molecule has 0 saturated heterocycles. The lowest BCUT2D eigenvalue weighted by atomic mass is 9.94. The smallest absolute Gasteiger partial charge is 0.269 e. The summed E-state index contributed by atoms with van der Waals surface area (Å²) < 4.78 is 0. The standard InChI is InChI=1S/C18H17ClN2O3/c1-12(13-2-6-15(19)7-3-13)20-17(22)18(10-11-18)14-4-8-16(9-5-14)21(23)24/h2-9,12H,10-11H2,1H3,(H,20,22). The molecule has 1 atom stereocenters. The Balaban J connectivity index is 1.74. The summed E-state index contributed by atoms with van der Waals surface area (Å²) >= 11 is 5.88. The van der Waals surface area contributed by atoms with Gasteiger partial charge < -0.3 is 5.32 Å². The van der Waals surface area contributed by atoms with Crippen LogP contribution in [-0.2, 0) is 10.2 Å². The summed E-state index contributed by atoms with van der Waals surface area (Å²) in [6.07, 6.45) is 1.51. The van der Waals surface area contributed by atoms with Crippen LogP contribution >= 0.6 is 11.6 Å². The first-order valence-electron chi connectivity index (χ1n) is 7.74. The first-order chi connectivity index (χ1) is 11.4. The molecule has 24 heavy (non-hydrogen) atoms. The highest BCUT2D eigenvalue weighted by molar-refractivity contribution is 6.30. The molecule has 1 saturated carbocycles. The Morgan fingerprint density at radius 3 is 2.25 bits per heavy atom. The number of nitro benzene ring substituents is 1. The van der Waals surface area contributed by atoms with Gasteiger partial charge in [0.05, 0.1) is 16.4 Å². The molecule has 0 aliphatic heterocycles. The van der Waals surface area contributed by atoms with Crippen molar-refractivity contribution in [3.8, 4) is 0 Å². The van der Waals surface area contributed by atoms with E-state index < -0.39 is 10.3 Å². The summed E-state index contributed by atoms with van der Waals surface area (Å²) in [5.41, 5.74) is 1.28. The first kappa shape index (κ1) is 16.5. The summed E-state index contributed by atoms with van der Waals surface area (Å²) in [5, 5.41) is 14.4. The zero-order chi connectivity index (χ0) is 17.3. The van der Waals surface area contributed by atoms with Crippen LogP contribution < -0.4 is 5.32 Å². The molecule has 3 rings (SSSR count). The fourth-order valence-electron chi connectivity index (χ4n) is 2.84. The van der Waals surface area contributed by atoms with Gasteiger partial charge in [0.1, 0.15) is 0 Å². The number of nitrogens with zero attached hydrogens (tertiary/aromatic N) is 1. The van der Waals surface area contributed by atoms with Gasteiger partial charge in [0, 0.05) is 17.2 Å². The summed E-state index contributed by atoms with van der Waals surface area (Å²) in [7, 11) is 0. The quantitative estimate of drug-likeness (QED) is 0.654. The average Bonchev–Trinajstić information content (AvgIpc) is 3.37. The van der Waals surface area contributed by atoms with E-state index in [0.29, 0.717) is 5.02 Å². The molecule has 124 valence electrons. The van der Waals surface area contributed by atoms with Crippen molar-refractivity contribution in [2.75, 3.05) is 0 Å². The van der Waals surface area contributed by atoms with Gasteiger partial charge in [0.25, 0.3) is 5.69 Å². The van der Waals surface area contributed by atoms with Gasteiger partial charge in [0.15, 0.2) is 0 Å². The number of hydrogen-bond acceptors (Lipinski definition) is 3. The third kappa shape index (κ3) is 3.12. The summed E-state index contributed by atoms with van der Waals surface area (Å²) in [6.45, 7) is 1.92. The normalized spacial score (nSPS) is 16.2. The number of rotatable bonds is 5. The molecule has 1 N–H and O–H groups in total. The Kier molecular flexibility index (Phi) is 4.28. The van der Waals surface area contributed by atoms with E-state index in [1.807, 2.05) is 19.1 Å². The van der Waals surface area contributed by atoms with Crippen LogP contribution in [0.3, 0.4) is 0 Å². The average molecular weight is 345 g/mol. The van der Waals surface area contributed by atoms with Crippen molar-refractivity contribution in [1.29, 1.82) is 0 Å². The highest BCUT2D eigenvalue weighted by atomic mass is 35.5. The van der Waals surface area contributed by atoms with E-state index in [0.717, 1.165) is 24.0 Å². The minimum Gasteiger partial charge on any atom is -0.349 e. The number of non-ortho nitro benzene ring substituents is 1. The van der Waals surface area contributed by atoms with Gasteiger partial charge in [-0.15, -0.1) is 0 Å². The minimum absolute atomic E-state index is 0.0319. The summed E-state index contributed by atoms with van der Waals surface area (Å²) in [4.78, 5) is 23.0. The van der Waals surface area contributed by atoms with Crippen LogP contribution in [0, 0.1) is 10.1 Å². The molecule has 1 unspecified atom stereocenters. The van der Waals surface area contributed by atoms with Crippen molar-refractivity contribution in [2.45, 2.75) is 31.2 Å². The molecule has 0 spiro atoms. The molecular weight excluding hydrogens is 328 g/mol. The van der Waals surface area contributed by atoms with E-state index in [1.54, 1.807) is 24.3 Å². The molecule has 0 bridgehead atoms. The molecule has 1 fully saturated rings. The van der Waals surface area contributed by atoms with Gasteiger partial charge >= 0.3 is 0 Å². The van der Waals surface area contributed by atoms with E-state index in [4.69, 9.17) is 11.6 Å². The summed E-state index contributed by atoms with van der Waals surface area (Å²) in [5.74, 6) is -0.0428. The van der Waals surface area contributed by atoms with Crippen molar-refractivity contribution in [1.82, 2.24) is 5.32 Å². The lowest BCUT2D eigenvalue weighted by molar-refractivity contribution is -0.384. The third-order valence-electron chi connectivity index (χ3n) is 4.53.